The molecule has 3 aliphatic rings. The van der Waals surface area contributed by atoms with Crippen molar-refractivity contribution in [2.45, 2.75) is 192 Å². The monoisotopic (exact) mass is 855 g/mol. The molecule has 0 saturated carbocycles. The van der Waals surface area contributed by atoms with Crippen molar-refractivity contribution < 1.29 is 72.4 Å². The Balaban J connectivity index is 2.00. The zero-order valence-corrected chi connectivity index (χ0v) is 37.5. The Bertz CT molecular complexity index is 1420. The predicted octanol–water partition coefficient (Wildman–Crippen LogP) is 3.79. The number of rotatable bonds is 14. The SMILES string of the molecule is CCCC(=O)OC1CC(=O)OC(C)CC(O)C=CC=CC(C)CC(CC=O)C(OC2OC(C)C(OC3CC(C)(O)C(OC(=O)CC(C)C)C(C)O3)C(N(C)C)C2O)C1OC. The smallest absolute Gasteiger partial charge is 0.309 e. The fourth-order valence-corrected chi connectivity index (χ4v) is 8.38. The molecule has 3 N–H and O–H groups in total. The Morgan fingerprint density at radius 1 is 0.967 bits per heavy atom. The van der Waals surface area contributed by atoms with Gasteiger partial charge in [-0.1, -0.05) is 52.0 Å². The lowest BCUT2D eigenvalue weighted by Gasteiger charge is -2.50. The third kappa shape index (κ3) is 15.2. The summed E-state index contributed by atoms with van der Waals surface area (Å²) < 4.78 is 49.1. The van der Waals surface area contributed by atoms with Crippen molar-refractivity contribution in [1.29, 1.82) is 0 Å². The van der Waals surface area contributed by atoms with Crippen LogP contribution in [0, 0.1) is 17.8 Å². The number of likely N-dealkylation sites (N-methyl/N-ethyl adjacent to an activating group) is 1. The molecule has 0 aromatic carbocycles. The fraction of sp³-hybridized carbons (Fsp3) is 0.818. The van der Waals surface area contributed by atoms with E-state index < -0.39 is 116 Å². The van der Waals surface area contributed by atoms with Crippen molar-refractivity contribution >= 4 is 24.2 Å². The van der Waals surface area contributed by atoms with Gasteiger partial charge in [-0.3, -0.25) is 14.4 Å². The number of carbonyl (C=O) groups is 4. The molecule has 16 heteroatoms. The molecule has 3 aliphatic heterocycles. The Labute approximate surface area is 356 Å². The van der Waals surface area contributed by atoms with Gasteiger partial charge in [0, 0.05) is 39.2 Å². The van der Waals surface area contributed by atoms with Crippen molar-refractivity contribution in [2.75, 3.05) is 21.2 Å². The number of esters is 3. The van der Waals surface area contributed by atoms with Crippen LogP contribution in [-0.4, -0.2) is 151 Å². The van der Waals surface area contributed by atoms with Crippen LogP contribution in [0.2, 0.25) is 0 Å². The Hall–Kier alpha value is -2.80. The van der Waals surface area contributed by atoms with E-state index in [0.29, 0.717) is 12.8 Å². The van der Waals surface area contributed by atoms with Gasteiger partial charge in [0.15, 0.2) is 18.7 Å². The van der Waals surface area contributed by atoms with E-state index in [4.69, 9.17) is 37.9 Å². The highest BCUT2D eigenvalue weighted by Gasteiger charge is 2.53. The fourth-order valence-electron chi connectivity index (χ4n) is 8.38. The number of nitrogens with zero attached hydrogens (tertiary/aromatic N) is 1. The minimum atomic E-state index is -1.50. The van der Waals surface area contributed by atoms with E-state index in [1.54, 1.807) is 64.9 Å². The topological polar surface area (TPSA) is 206 Å². The average Bonchev–Trinajstić information content (AvgIpc) is 3.12. The van der Waals surface area contributed by atoms with Gasteiger partial charge in [0.05, 0.1) is 36.9 Å². The lowest BCUT2D eigenvalue weighted by atomic mass is 9.84. The van der Waals surface area contributed by atoms with E-state index in [0.717, 1.165) is 6.29 Å². The number of aldehydes is 1. The van der Waals surface area contributed by atoms with Crippen molar-refractivity contribution in [3.8, 4) is 0 Å². The van der Waals surface area contributed by atoms with Crippen LogP contribution >= 0.6 is 0 Å². The maximum Gasteiger partial charge on any atom is 0.309 e. The lowest BCUT2D eigenvalue weighted by Crippen LogP contribution is -2.66. The number of ether oxygens (including phenoxy) is 8. The van der Waals surface area contributed by atoms with E-state index in [2.05, 4.69) is 0 Å². The minimum absolute atomic E-state index is 0.0134. The summed E-state index contributed by atoms with van der Waals surface area (Å²) in [5, 5.41) is 34.1. The Morgan fingerprint density at radius 2 is 1.65 bits per heavy atom. The quantitative estimate of drug-likeness (QED) is 0.129. The van der Waals surface area contributed by atoms with Gasteiger partial charge in [-0.2, -0.15) is 0 Å². The van der Waals surface area contributed by atoms with Crippen molar-refractivity contribution in [1.82, 2.24) is 4.90 Å². The van der Waals surface area contributed by atoms with Crippen LogP contribution in [0.3, 0.4) is 0 Å². The second kappa shape index (κ2) is 24.2. The molecule has 2 fully saturated rings. The molecule has 0 bridgehead atoms. The van der Waals surface area contributed by atoms with E-state index in [1.807, 2.05) is 33.8 Å². The third-order valence-electron chi connectivity index (χ3n) is 11.2. The first-order valence-electron chi connectivity index (χ1n) is 21.5. The highest BCUT2D eigenvalue weighted by atomic mass is 16.7. The summed E-state index contributed by atoms with van der Waals surface area (Å²) in [6.45, 7) is 14.3. The van der Waals surface area contributed by atoms with E-state index >= 15 is 0 Å². The maximum atomic E-state index is 13.4. The number of carbonyl (C=O) groups excluding carboxylic acids is 4. The van der Waals surface area contributed by atoms with Gasteiger partial charge in [-0.25, -0.2) is 0 Å². The minimum Gasteiger partial charge on any atom is -0.462 e. The molecular formula is C44H73NO15. The molecule has 344 valence electrons. The first-order valence-corrected chi connectivity index (χ1v) is 21.5. The summed E-state index contributed by atoms with van der Waals surface area (Å²) in [5.41, 5.74) is -1.50. The second-order valence-corrected chi connectivity index (χ2v) is 17.6. The van der Waals surface area contributed by atoms with Gasteiger partial charge in [-0.15, -0.1) is 0 Å². The van der Waals surface area contributed by atoms with Crippen LogP contribution in [0.25, 0.3) is 0 Å². The highest BCUT2D eigenvalue weighted by Crippen LogP contribution is 2.37. The number of methoxy groups -OCH3 is 1. The maximum absolute atomic E-state index is 13.4. The highest BCUT2D eigenvalue weighted by molar-refractivity contribution is 5.73. The summed E-state index contributed by atoms with van der Waals surface area (Å²) in [5.74, 6) is -2.36. The molecular weight excluding hydrogens is 782 g/mol. The Kier molecular flexibility index (Phi) is 20.8. The van der Waals surface area contributed by atoms with Gasteiger partial charge >= 0.3 is 17.9 Å². The summed E-state index contributed by atoms with van der Waals surface area (Å²) in [6.07, 6.45) is -3.33. The van der Waals surface area contributed by atoms with Crippen LogP contribution < -0.4 is 0 Å². The Morgan fingerprint density at radius 3 is 2.25 bits per heavy atom. The van der Waals surface area contributed by atoms with Gasteiger partial charge in [-0.05, 0) is 72.4 Å². The van der Waals surface area contributed by atoms with Crippen LogP contribution in [0.15, 0.2) is 24.3 Å². The van der Waals surface area contributed by atoms with Crippen LogP contribution in [-0.2, 0) is 57.1 Å². The molecule has 0 aliphatic carbocycles. The molecule has 0 aromatic heterocycles. The second-order valence-electron chi connectivity index (χ2n) is 17.6. The molecule has 3 heterocycles. The molecule has 0 amide bonds. The largest absolute Gasteiger partial charge is 0.462 e. The average molecular weight is 856 g/mol. The van der Waals surface area contributed by atoms with E-state index in [-0.39, 0.29) is 43.9 Å². The molecule has 2 saturated heterocycles. The first-order chi connectivity index (χ1) is 28.2. The normalized spacial score (nSPS) is 38.7. The molecule has 16 nitrogen and oxygen atoms in total. The number of hydrogen-bond acceptors (Lipinski definition) is 16. The van der Waals surface area contributed by atoms with E-state index in [9.17, 15) is 34.5 Å². The van der Waals surface area contributed by atoms with Gasteiger partial charge in [0.25, 0.3) is 0 Å². The molecule has 60 heavy (non-hydrogen) atoms. The van der Waals surface area contributed by atoms with Crippen LogP contribution in [0.5, 0.6) is 0 Å². The lowest BCUT2D eigenvalue weighted by molar-refractivity contribution is -0.344. The summed E-state index contributed by atoms with van der Waals surface area (Å²) in [6, 6.07) is -0.764. The molecule has 0 aromatic rings. The zero-order chi connectivity index (χ0) is 44.9. The van der Waals surface area contributed by atoms with Gasteiger partial charge < -0.3 is 62.9 Å². The summed E-state index contributed by atoms with van der Waals surface area (Å²) in [7, 11) is 4.92. The van der Waals surface area contributed by atoms with Crippen LogP contribution in [0.1, 0.15) is 107 Å². The molecule has 16 atom stereocenters. The number of aliphatic hydroxyl groups is 3. The molecule has 0 spiro atoms. The van der Waals surface area contributed by atoms with Crippen molar-refractivity contribution in [3.05, 3.63) is 24.3 Å². The van der Waals surface area contributed by atoms with Gasteiger partial charge in [0.1, 0.15) is 42.4 Å². The van der Waals surface area contributed by atoms with Crippen molar-refractivity contribution in [3.63, 3.8) is 0 Å². The predicted molar refractivity (Wildman–Crippen MR) is 219 cm³/mol. The molecule has 16 unspecified atom stereocenters. The zero-order valence-electron chi connectivity index (χ0n) is 37.5. The number of aliphatic hydroxyl groups excluding tert-OH is 2. The third-order valence-corrected chi connectivity index (χ3v) is 11.2. The molecule has 0 radical (unpaired) electrons. The molecule has 3 rings (SSSR count). The van der Waals surface area contributed by atoms with Crippen LogP contribution in [0.4, 0.5) is 0 Å². The number of cyclic esters (lactones) is 1. The number of hydrogen-bond donors (Lipinski definition) is 3. The van der Waals surface area contributed by atoms with Gasteiger partial charge in [0.2, 0.25) is 0 Å². The first kappa shape index (κ1) is 51.5. The van der Waals surface area contributed by atoms with E-state index in [1.165, 1.54) is 7.11 Å². The number of allylic oxidation sites excluding steroid dienone is 3. The summed E-state index contributed by atoms with van der Waals surface area (Å²) >= 11 is 0. The van der Waals surface area contributed by atoms with Crippen molar-refractivity contribution in [2.24, 2.45) is 17.8 Å². The summed E-state index contributed by atoms with van der Waals surface area (Å²) in [4.78, 5) is 53.2. The standard InChI is InChI=1S/C44H73NO15/c1-12-15-33(48)57-32-23-35(50)54-27(5)22-31(47)17-14-13-16-26(4)21-30(18-19-46)40(41(32)53-11)60-43-38(51)37(45(9)10)39(28(6)56-43)59-36-24-44(8,52)42(29(7)55-36)58-34(49)20-25(2)3/h13-14,16-17,19,25-32,36-43,47,51-52H,12,15,18,20-24H2,1-11H3.